The molecule has 0 saturated heterocycles. The smallest absolute Gasteiger partial charge is 0.165 e. The molecule has 3 aromatic rings. The molecule has 1 atom stereocenters. The number of benzene rings is 3. The van der Waals surface area contributed by atoms with Crippen molar-refractivity contribution < 1.29 is 0 Å². The van der Waals surface area contributed by atoms with E-state index < -0.39 is 7.38 Å². The summed E-state index contributed by atoms with van der Waals surface area (Å²) in [6, 6.07) is 20.9. The first-order valence-corrected chi connectivity index (χ1v) is 11.1. The number of halogens is 1. The molecule has 4 rings (SSSR count). The lowest BCUT2D eigenvalue weighted by atomic mass is 9.96. The van der Waals surface area contributed by atoms with Gasteiger partial charge in [-0.1, -0.05) is 66.2 Å². The van der Waals surface area contributed by atoms with E-state index in [9.17, 15) is 0 Å². The standard InChI is InChI=1S/C22H15ClSi/c1-15-13-21-19(22(15)24(2,3)23)12-11-17-9-10-18(14-20(17)21)16-7-5-4-6-8-16/h1-14,22H. The minimum Gasteiger partial charge on any atom is -0.165 e. The molecule has 0 N–H and O–H groups in total. The van der Waals surface area contributed by atoms with E-state index in [1.807, 2.05) is 30.3 Å². The summed E-state index contributed by atoms with van der Waals surface area (Å²) in [5, 5.41) is 2.31. The van der Waals surface area contributed by atoms with Crippen LogP contribution in [0.4, 0.5) is 0 Å². The van der Waals surface area contributed by atoms with Gasteiger partial charge in [-0.2, -0.15) is 11.1 Å². The summed E-state index contributed by atoms with van der Waals surface area (Å²) >= 11 is 6.31. The molecule has 0 fully saturated rings. The molecule has 1 aliphatic rings. The summed E-state index contributed by atoms with van der Waals surface area (Å²) in [5.41, 5.74) is 4.88. The Morgan fingerprint density at radius 1 is 0.875 bits per heavy atom. The van der Waals surface area contributed by atoms with Crippen molar-refractivity contribution in [2.24, 2.45) is 0 Å². The summed E-state index contributed by atoms with van der Waals surface area (Å²) in [6.07, 6.45) is 1.97. The van der Waals surface area contributed by atoms with Crippen molar-refractivity contribution in [1.82, 2.24) is 0 Å². The average molecular weight is 343 g/mol. The summed E-state index contributed by atoms with van der Waals surface area (Å²) in [5.74, 6) is 0. The van der Waals surface area contributed by atoms with Crippen LogP contribution in [0.25, 0.3) is 28.0 Å². The predicted molar refractivity (Wildman–Crippen MR) is 105 cm³/mol. The topological polar surface area (TPSA) is 0 Å². The van der Waals surface area contributed by atoms with E-state index in [1.165, 1.54) is 11.1 Å². The van der Waals surface area contributed by atoms with E-state index in [0.29, 0.717) is 5.57 Å². The summed E-state index contributed by atoms with van der Waals surface area (Å²) in [4.78, 5) is 0. The second-order valence-electron chi connectivity index (χ2n) is 6.28. The molecule has 2 heteroatoms. The van der Waals surface area contributed by atoms with Crippen LogP contribution in [0.1, 0.15) is 16.7 Å². The van der Waals surface area contributed by atoms with Gasteiger partial charge in [0.15, 0.2) is 7.38 Å². The normalized spacial score (nSPS) is 17.0. The van der Waals surface area contributed by atoms with Gasteiger partial charge in [-0.15, -0.1) is 0 Å². The molecule has 24 heavy (non-hydrogen) atoms. The van der Waals surface area contributed by atoms with Crippen molar-refractivity contribution >= 4 is 35.3 Å². The van der Waals surface area contributed by atoms with Crippen LogP contribution in [-0.2, 0) is 0 Å². The van der Waals surface area contributed by atoms with Crippen LogP contribution in [0.2, 0.25) is 0 Å². The zero-order valence-corrected chi connectivity index (χ0v) is 14.8. The Bertz CT molecular complexity index is 949. The van der Waals surface area contributed by atoms with Crippen molar-refractivity contribution in [3.8, 4) is 11.1 Å². The molecule has 0 bridgehead atoms. The molecule has 6 radical (unpaired) electrons. The number of allylic oxidation sites excluding steroid dienone is 1. The summed E-state index contributed by atoms with van der Waals surface area (Å²) in [6.45, 7) is 18.4. The fourth-order valence-electron chi connectivity index (χ4n) is 3.51. The van der Waals surface area contributed by atoms with Gasteiger partial charge in [0.1, 0.15) is 0 Å². The molecule has 0 nitrogen and oxygen atoms in total. The summed E-state index contributed by atoms with van der Waals surface area (Å²) in [7, 11) is -2.92. The maximum absolute atomic E-state index is 6.31. The van der Waals surface area contributed by atoms with Crippen LogP contribution in [-0.4, -0.2) is 7.38 Å². The Kier molecular flexibility index (Phi) is 3.67. The first-order chi connectivity index (χ1) is 11.4. The van der Waals surface area contributed by atoms with Crippen LogP contribution >= 0.6 is 11.1 Å². The highest BCUT2D eigenvalue weighted by Crippen LogP contribution is 2.45. The van der Waals surface area contributed by atoms with E-state index >= 15 is 0 Å². The van der Waals surface area contributed by atoms with Gasteiger partial charge in [0.25, 0.3) is 0 Å². The number of hydrogen-bond donors (Lipinski definition) is 0. The quantitative estimate of drug-likeness (QED) is 0.400. The van der Waals surface area contributed by atoms with Crippen LogP contribution in [0.5, 0.6) is 0 Å². The number of rotatable bonds is 2. The van der Waals surface area contributed by atoms with Crippen LogP contribution in [0.3, 0.4) is 0 Å². The van der Waals surface area contributed by atoms with E-state index in [1.54, 1.807) is 0 Å². The highest BCUT2D eigenvalue weighted by Gasteiger charge is 2.37. The van der Waals surface area contributed by atoms with Gasteiger partial charge in [-0.05, 0) is 59.1 Å². The molecule has 0 spiro atoms. The maximum atomic E-state index is 6.31. The SMILES string of the molecule is [CH]C1=Cc2c(ccc3ccc(-c4ccccc4)cc23)C1[Si]([CH])([CH])Cl. The lowest BCUT2D eigenvalue weighted by Crippen LogP contribution is -2.29. The third-order valence-electron chi connectivity index (χ3n) is 4.60. The minimum atomic E-state index is -2.92. The van der Waals surface area contributed by atoms with E-state index in [4.69, 9.17) is 31.1 Å². The first-order valence-electron chi connectivity index (χ1n) is 7.81. The van der Waals surface area contributed by atoms with E-state index in [2.05, 4.69) is 36.4 Å². The van der Waals surface area contributed by atoms with Crippen molar-refractivity contribution in [2.75, 3.05) is 0 Å². The molecule has 0 aliphatic heterocycles. The number of hydrogen-bond acceptors (Lipinski definition) is 0. The molecule has 0 aromatic heterocycles. The second kappa shape index (κ2) is 5.61. The third kappa shape index (κ3) is 2.53. The Morgan fingerprint density at radius 3 is 2.29 bits per heavy atom. The fraction of sp³-hybridized carbons (Fsp3) is 0.0455. The van der Waals surface area contributed by atoms with Gasteiger partial charge in [0, 0.05) is 5.54 Å². The molecule has 1 aliphatic carbocycles. The summed E-state index contributed by atoms with van der Waals surface area (Å²) < 4.78 is 0. The van der Waals surface area contributed by atoms with Crippen molar-refractivity contribution in [1.29, 1.82) is 0 Å². The van der Waals surface area contributed by atoms with Gasteiger partial charge in [-0.25, -0.2) is 0 Å². The number of fused-ring (bicyclic) bond motifs is 3. The van der Waals surface area contributed by atoms with E-state index in [-0.39, 0.29) is 5.54 Å². The van der Waals surface area contributed by atoms with Gasteiger partial charge in [0.2, 0.25) is 0 Å². The monoisotopic (exact) mass is 342 g/mol. The predicted octanol–water partition coefficient (Wildman–Crippen LogP) is 5.92. The van der Waals surface area contributed by atoms with Gasteiger partial charge < -0.3 is 0 Å². The Morgan fingerprint density at radius 2 is 1.58 bits per heavy atom. The molecule has 0 heterocycles. The zero-order valence-electron chi connectivity index (χ0n) is 13.0. The molecule has 0 amide bonds. The zero-order chi connectivity index (χ0) is 16.9. The van der Waals surface area contributed by atoms with Crippen molar-refractivity contribution in [2.45, 2.75) is 5.54 Å². The van der Waals surface area contributed by atoms with Crippen LogP contribution < -0.4 is 0 Å². The largest absolute Gasteiger partial charge is 0.174 e. The first kappa shape index (κ1) is 15.7. The molecular weight excluding hydrogens is 328 g/mol. The molecule has 114 valence electrons. The maximum Gasteiger partial charge on any atom is 0.174 e. The third-order valence-corrected chi connectivity index (χ3v) is 6.79. The van der Waals surface area contributed by atoms with Crippen LogP contribution in [0, 0.1) is 20.0 Å². The lowest BCUT2D eigenvalue weighted by Gasteiger charge is -2.24. The molecule has 3 aromatic carbocycles. The van der Waals surface area contributed by atoms with Gasteiger partial charge in [0.05, 0.1) is 0 Å². The van der Waals surface area contributed by atoms with Gasteiger partial charge >= 0.3 is 0 Å². The van der Waals surface area contributed by atoms with Gasteiger partial charge in [-0.3, -0.25) is 0 Å². The van der Waals surface area contributed by atoms with Crippen molar-refractivity contribution in [3.05, 3.63) is 97.4 Å². The minimum absolute atomic E-state index is 0.251. The molecular formula is C22H15ClSi. The Labute approximate surface area is 149 Å². The molecule has 0 saturated carbocycles. The average Bonchev–Trinajstić information content (AvgIpc) is 2.91. The second-order valence-corrected chi connectivity index (χ2v) is 10.5. The lowest BCUT2D eigenvalue weighted by molar-refractivity contribution is 1.15. The van der Waals surface area contributed by atoms with Crippen molar-refractivity contribution in [3.63, 3.8) is 0 Å². The Balaban J connectivity index is 1.94. The fourth-order valence-corrected chi connectivity index (χ4v) is 5.56. The van der Waals surface area contributed by atoms with Crippen LogP contribution in [0.15, 0.2) is 66.2 Å². The molecule has 1 unspecified atom stereocenters. The Hall–Kier alpha value is -1.83. The highest BCUT2D eigenvalue weighted by molar-refractivity contribution is 7.23. The highest BCUT2D eigenvalue weighted by atomic mass is 35.6. The van der Waals surface area contributed by atoms with E-state index in [0.717, 1.165) is 21.9 Å².